The lowest BCUT2D eigenvalue weighted by Gasteiger charge is -2.15. The Morgan fingerprint density at radius 3 is 3.00 bits per heavy atom. The van der Waals surface area contributed by atoms with Gasteiger partial charge in [0, 0.05) is 5.92 Å². The molecule has 2 heterocycles. The quantitative estimate of drug-likeness (QED) is 0.638. The molecule has 0 radical (unpaired) electrons. The minimum Gasteiger partial charge on any atom is -0.396 e. The number of aromatic amines is 1. The second kappa shape index (κ2) is 4.29. The molecule has 0 amide bonds. The zero-order valence-electron chi connectivity index (χ0n) is 10.2. The van der Waals surface area contributed by atoms with Crippen molar-refractivity contribution in [3.63, 3.8) is 0 Å². The van der Waals surface area contributed by atoms with E-state index in [4.69, 9.17) is 0 Å². The zero-order valence-corrected chi connectivity index (χ0v) is 10.2. The Morgan fingerprint density at radius 2 is 2.32 bits per heavy atom. The number of imidazole rings is 1. The van der Waals surface area contributed by atoms with E-state index in [9.17, 15) is 15.0 Å². The van der Waals surface area contributed by atoms with Crippen LogP contribution in [0.5, 0.6) is 0 Å². The highest BCUT2D eigenvalue weighted by atomic mass is 16.3. The fraction of sp³-hybridized carbons (Fsp3) is 0.417. The third-order valence-corrected chi connectivity index (χ3v) is 3.73. The van der Waals surface area contributed by atoms with E-state index < -0.39 is 6.10 Å². The van der Waals surface area contributed by atoms with Gasteiger partial charge >= 0.3 is 0 Å². The van der Waals surface area contributed by atoms with E-state index in [-0.39, 0.29) is 29.6 Å². The summed E-state index contributed by atoms with van der Waals surface area (Å²) >= 11 is 0. The predicted molar refractivity (Wildman–Crippen MR) is 67.5 cm³/mol. The largest absolute Gasteiger partial charge is 0.396 e. The molecule has 3 atom stereocenters. The molecule has 0 aromatic carbocycles. The van der Waals surface area contributed by atoms with E-state index in [2.05, 4.69) is 21.5 Å². The van der Waals surface area contributed by atoms with E-state index in [0.717, 1.165) is 5.57 Å². The van der Waals surface area contributed by atoms with E-state index in [0.29, 0.717) is 12.1 Å². The molecular formula is C12H14N4O3. The van der Waals surface area contributed by atoms with Crippen LogP contribution in [0.3, 0.4) is 0 Å². The monoisotopic (exact) mass is 262 g/mol. The average molecular weight is 262 g/mol. The van der Waals surface area contributed by atoms with E-state index >= 15 is 0 Å². The molecule has 0 aliphatic heterocycles. The highest BCUT2D eigenvalue weighted by molar-refractivity contribution is 5.69. The van der Waals surface area contributed by atoms with Crippen LogP contribution in [0, 0.1) is 5.92 Å². The van der Waals surface area contributed by atoms with E-state index in [1.54, 1.807) is 4.57 Å². The van der Waals surface area contributed by atoms with Crippen molar-refractivity contribution >= 4 is 11.2 Å². The molecular weight excluding hydrogens is 248 g/mol. The molecule has 0 saturated heterocycles. The Balaban J connectivity index is 2.09. The number of hydrogen-bond acceptors (Lipinski definition) is 5. The molecule has 0 spiro atoms. The number of hydrogen-bond donors (Lipinski definition) is 3. The van der Waals surface area contributed by atoms with Gasteiger partial charge in [0.05, 0.1) is 31.4 Å². The van der Waals surface area contributed by atoms with Gasteiger partial charge in [-0.15, -0.1) is 0 Å². The fourth-order valence-electron chi connectivity index (χ4n) is 2.66. The van der Waals surface area contributed by atoms with Gasteiger partial charge in [-0.25, -0.2) is 9.97 Å². The normalized spacial score (nSPS) is 27.3. The second-order valence-electron chi connectivity index (χ2n) is 4.74. The van der Waals surface area contributed by atoms with Crippen LogP contribution < -0.4 is 5.56 Å². The highest BCUT2D eigenvalue weighted by Crippen LogP contribution is 2.39. The lowest BCUT2D eigenvalue weighted by molar-refractivity contribution is 0.101. The fourth-order valence-corrected chi connectivity index (χ4v) is 2.66. The third-order valence-electron chi connectivity index (χ3n) is 3.73. The van der Waals surface area contributed by atoms with Crippen LogP contribution in [-0.4, -0.2) is 42.4 Å². The lowest BCUT2D eigenvalue weighted by Crippen LogP contribution is -2.17. The Labute approximate surface area is 108 Å². The molecule has 100 valence electrons. The van der Waals surface area contributed by atoms with Gasteiger partial charge in [0.25, 0.3) is 5.56 Å². The molecule has 0 bridgehead atoms. The number of aliphatic hydroxyl groups is 2. The first-order valence-electron chi connectivity index (χ1n) is 6.01. The summed E-state index contributed by atoms with van der Waals surface area (Å²) in [6.45, 7) is 3.80. The van der Waals surface area contributed by atoms with Crippen LogP contribution in [0.4, 0.5) is 0 Å². The van der Waals surface area contributed by atoms with Gasteiger partial charge in [-0.3, -0.25) is 4.79 Å². The van der Waals surface area contributed by atoms with Crippen LogP contribution in [-0.2, 0) is 0 Å². The molecule has 2 aromatic heterocycles. The predicted octanol–water partition coefficient (Wildman–Crippen LogP) is -0.410. The van der Waals surface area contributed by atoms with Crippen molar-refractivity contribution in [2.45, 2.75) is 18.6 Å². The maximum atomic E-state index is 11.6. The van der Waals surface area contributed by atoms with Gasteiger partial charge in [0.15, 0.2) is 11.2 Å². The summed E-state index contributed by atoms with van der Waals surface area (Å²) in [6, 6.07) is -0.202. The average Bonchev–Trinajstić information content (AvgIpc) is 2.92. The maximum absolute atomic E-state index is 11.6. The Morgan fingerprint density at radius 1 is 1.53 bits per heavy atom. The minimum absolute atomic E-state index is 0.142. The Kier molecular flexibility index (Phi) is 2.72. The molecule has 7 nitrogen and oxygen atoms in total. The van der Waals surface area contributed by atoms with Crippen molar-refractivity contribution in [3.8, 4) is 0 Å². The third kappa shape index (κ3) is 1.70. The molecule has 3 rings (SSSR count). The van der Waals surface area contributed by atoms with Crippen LogP contribution in [0.25, 0.3) is 11.2 Å². The van der Waals surface area contributed by atoms with Crippen LogP contribution in [0.2, 0.25) is 0 Å². The number of nitrogens with zero attached hydrogens (tertiary/aromatic N) is 3. The topological polar surface area (TPSA) is 104 Å². The van der Waals surface area contributed by atoms with Crippen molar-refractivity contribution in [3.05, 3.63) is 35.2 Å². The molecule has 0 unspecified atom stereocenters. The molecule has 3 N–H and O–H groups in total. The molecule has 1 aliphatic rings. The number of H-pyrrole nitrogens is 1. The summed E-state index contributed by atoms with van der Waals surface area (Å²) in [5.74, 6) is -0.343. The van der Waals surface area contributed by atoms with Gasteiger partial charge in [-0.1, -0.05) is 6.58 Å². The molecule has 1 fully saturated rings. The van der Waals surface area contributed by atoms with Crippen molar-refractivity contribution in [1.82, 2.24) is 19.5 Å². The van der Waals surface area contributed by atoms with Crippen molar-refractivity contribution in [1.29, 1.82) is 0 Å². The summed E-state index contributed by atoms with van der Waals surface area (Å²) in [5, 5.41) is 19.2. The first kappa shape index (κ1) is 12.1. The molecule has 19 heavy (non-hydrogen) atoms. The summed E-state index contributed by atoms with van der Waals surface area (Å²) in [5.41, 5.74) is 1.15. The molecule has 1 saturated carbocycles. The van der Waals surface area contributed by atoms with Crippen molar-refractivity contribution < 1.29 is 10.2 Å². The number of aromatic nitrogens is 4. The number of fused-ring (bicyclic) bond motifs is 1. The number of rotatable bonds is 2. The molecule has 2 aromatic rings. The lowest BCUT2D eigenvalue weighted by atomic mass is 10.0. The van der Waals surface area contributed by atoms with E-state index in [1.807, 2.05) is 0 Å². The SMILES string of the molecule is C=C1[C@H](CO)[C@@H](O)C[C@@H]1n1cnc2c(=O)[nH]cnc21. The molecule has 7 heteroatoms. The summed E-state index contributed by atoms with van der Waals surface area (Å²) in [6.07, 6.45) is 2.64. The summed E-state index contributed by atoms with van der Waals surface area (Å²) < 4.78 is 1.73. The van der Waals surface area contributed by atoms with Crippen LogP contribution >= 0.6 is 0 Å². The standard InChI is InChI=1S/C12H14N4O3/c1-6-7(3-17)9(18)2-8(6)16-5-15-10-11(16)13-4-14-12(10)19/h4-5,7-9,17-18H,1-3H2,(H,13,14,19)/t7-,8-,9-/m0/s1. The van der Waals surface area contributed by atoms with Crippen molar-refractivity contribution in [2.75, 3.05) is 6.61 Å². The number of nitrogens with one attached hydrogen (secondary N) is 1. The summed E-state index contributed by atoms with van der Waals surface area (Å²) in [7, 11) is 0. The Hall–Kier alpha value is -1.99. The first-order valence-corrected chi connectivity index (χ1v) is 6.01. The van der Waals surface area contributed by atoms with Crippen LogP contribution in [0.1, 0.15) is 12.5 Å². The summed E-state index contributed by atoms with van der Waals surface area (Å²) in [4.78, 5) is 22.2. The van der Waals surface area contributed by atoms with Gasteiger partial charge in [-0.05, 0) is 12.0 Å². The van der Waals surface area contributed by atoms with Crippen LogP contribution in [0.15, 0.2) is 29.6 Å². The first-order chi connectivity index (χ1) is 9.13. The van der Waals surface area contributed by atoms with E-state index in [1.165, 1.54) is 12.7 Å². The minimum atomic E-state index is -0.637. The van der Waals surface area contributed by atoms with Gasteiger partial charge in [0.1, 0.15) is 0 Å². The highest BCUT2D eigenvalue weighted by Gasteiger charge is 2.37. The van der Waals surface area contributed by atoms with Gasteiger partial charge in [0.2, 0.25) is 0 Å². The van der Waals surface area contributed by atoms with Gasteiger partial charge < -0.3 is 19.8 Å². The molecule has 1 aliphatic carbocycles. The van der Waals surface area contributed by atoms with Gasteiger partial charge in [-0.2, -0.15) is 0 Å². The smallest absolute Gasteiger partial charge is 0.278 e. The van der Waals surface area contributed by atoms with Crippen molar-refractivity contribution in [2.24, 2.45) is 5.92 Å². The Bertz CT molecular complexity index is 690. The maximum Gasteiger partial charge on any atom is 0.278 e. The second-order valence-corrected chi connectivity index (χ2v) is 4.74. The zero-order chi connectivity index (χ0) is 13.6. The number of aliphatic hydroxyl groups excluding tert-OH is 2.